The van der Waals surface area contributed by atoms with Crippen molar-refractivity contribution in [2.45, 2.75) is 33.2 Å². The van der Waals surface area contributed by atoms with Crippen molar-refractivity contribution in [1.29, 1.82) is 5.26 Å². The molecule has 0 amide bonds. The molecular weight excluding hydrogens is 220 g/mol. The Labute approximate surface area is 110 Å². The summed E-state index contributed by atoms with van der Waals surface area (Å²) in [5, 5.41) is 8.96. The highest BCUT2D eigenvalue weighted by molar-refractivity contribution is 5.14. The number of hydrogen-bond donors (Lipinski definition) is 0. The summed E-state index contributed by atoms with van der Waals surface area (Å²) in [6.45, 7) is 7.81. The van der Waals surface area contributed by atoms with Crippen LogP contribution in [0.15, 0.2) is 30.3 Å². The van der Waals surface area contributed by atoms with Crippen molar-refractivity contribution < 1.29 is 0 Å². The Morgan fingerprint density at radius 3 is 2.72 bits per heavy atom. The summed E-state index contributed by atoms with van der Waals surface area (Å²) in [6, 6.07) is 13.0. The van der Waals surface area contributed by atoms with Gasteiger partial charge in [-0.3, -0.25) is 4.90 Å². The fraction of sp³-hybridized carbons (Fsp3) is 0.562. The first-order valence-electron chi connectivity index (χ1n) is 6.75. The predicted molar refractivity (Wildman–Crippen MR) is 73.8 cm³/mol. The number of nitrogens with zero attached hydrogens (tertiary/aromatic N) is 2. The zero-order chi connectivity index (χ0) is 13.0. The third-order valence-corrected chi connectivity index (χ3v) is 4.24. The van der Waals surface area contributed by atoms with Crippen molar-refractivity contribution in [3.8, 4) is 6.07 Å². The van der Waals surface area contributed by atoms with Crippen molar-refractivity contribution in [3.05, 3.63) is 35.9 Å². The number of benzene rings is 1. The van der Waals surface area contributed by atoms with Crippen LogP contribution in [-0.4, -0.2) is 18.0 Å². The molecule has 2 nitrogen and oxygen atoms in total. The number of likely N-dealkylation sites (tertiary alicyclic amines) is 1. The minimum Gasteiger partial charge on any atom is -0.299 e. The van der Waals surface area contributed by atoms with E-state index in [0.29, 0.717) is 17.8 Å². The number of rotatable bonds is 3. The molecule has 0 bridgehead atoms. The third-order valence-electron chi connectivity index (χ3n) is 4.24. The van der Waals surface area contributed by atoms with E-state index in [1.165, 1.54) is 12.0 Å². The molecule has 2 rings (SSSR count). The van der Waals surface area contributed by atoms with Gasteiger partial charge in [0.1, 0.15) is 0 Å². The van der Waals surface area contributed by atoms with Gasteiger partial charge >= 0.3 is 0 Å². The quantitative estimate of drug-likeness (QED) is 0.811. The molecule has 1 saturated heterocycles. The molecule has 0 aliphatic carbocycles. The summed E-state index contributed by atoms with van der Waals surface area (Å²) in [7, 11) is 0. The number of nitriles is 1. The lowest BCUT2D eigenvalue weighted by Crippen LogP contribution is -2.44. The van der Waals surface area contributed by atoms with Crippen LogP contribution in [0.2, 0.25) is 0 Å². The van der Waals surface area contributed by atoms with Crippen molar-refractivity contribution in [1.82, 2.24) is 4.90 Å². The van der Waals surface area contributed by atoms with E-state index in [9.17, 15) is 0 Å². The molecule has 1 heterocycles. The largest absolute Gasteiger partial charge is 0.299 e. The molecule has 0 radical (unpaired) electrons. The Morgan fingerprint density at radius 2 is 2.06 bits per heavy atom. The molecule has 0 N–H and O–H groups in total. The van der Waals surface area contributed by atoms with E-state index in [4.69, 9.17) is 5.26 Å². The van der Waals surface area contributed by atoms with Gasteiger partial charge < -0.3 is 0 Å². The number of piperidine rings is 1. The monoisotopic (exact) mass is 242 g/mol. The third kappa shape index (κ3) is 3.11. The molecule has 96 valence electrons. The first-order chi connectivity index (χ1) is 8.62. The average Bonchev–Trinajstić information content (AvgIpc) is 2.35. The molecular formula is C16H22N2. The average molecular weight is 242 g/mol. The molecule has 0 saturated carbocycles. The van der Waals surface area contributed by atoms with Gasteiger partial charge in [0.2, 0.25) is 0 Å². The Morgan fingerprint density at radius 1 is 1.33 bits per heavy atom. The summed E-state index contributed by atoms with van der Waals surface area (Å²) < 4.78 is 0. The Bertz CT molecular complexity index is 416. The maximum Gasteiger partial charge on any atom is 0.0625 e. The van der Waals surface area contributed by atoms with E-state index in [-0.39, 0.29) is 0 Å². The summed E-state index contributed by atoms with van der Waals surface area (Å²) >= 11 is 0. The minimum atomic E-state index is 0.308. The lowest BCUT2D eigenvalue weighted by Gasteiger charge is -2.43. The van der Waals surface area contributed by atoms with Crippen LogP contribution < -0.4 is 0 Å². The second kappa shape index (κ2) is 5.54. The standard InChI is InChI=1S/C16H22N2/c1-16(2)9-11-18(13-15(16)8-10-17)12-14-6-4-3-5-7-14/h3-7,15H,8-9,11-13H2,1-2H3. The molecule has 0 aromatic heterocycles. The smallest absolute Gasteiger partial charge is 0.0625 e. The highest BCUT2D eigenvalue weighted by atomic mass is 15.1. The van der Waals surface area contributed by atoms with Crippen molar-refractivity contribution in [2.75, 3.05) is 13.1 Å². The van der Waals surface area contributed by atoms with Crippen LogP contribution in [0.25, 0.3) is 0 Å². The van der Waals surface area contributed by atoms with Crippen molar-refractivity contribution in [3.63, 3.8) is 0 Å². The van der Waals surface area contributed by atoms with Gasteiger partial charge in [0, 0.05) is 19.5 Å². The van der Waals surface area contributed by atoms with Gasteiger partial charge in [0.15, 0.2) is 0 Å². The molecule has 18 heavy (non-hydrogen) atoms. The summed E-state index contributed by atoms with van der Waals surface area (Å²) in [5.74, 6) is 0.500. The van der Waals surface area contributed by atoms with Crippen LogP contribution >= 0.6 is 0 Å². The SMILES string of the molecule is CC1(C)CCN(Cc2ccccc2)CC1CC#N. The topological polar surface area (TPSA) is 27.0 Å². The predicted octanol–water partition coefficient (Wildman–Crippen LogP) is 3.45. The Balaban J connectivity index is 1.99. The molecule has 1 aliphatic rings. The van der Waals surface area contributed by atoms with Gasteiger partial charge in [-0.2, -0.15) is 5.26 Å². The minimum absolute atomic E-state index is 0.308. The fourth-order valence-corrected chi connectivity index (χ4v) is 2.74. The maximum atomic E-state index is 8.96. The highest BCUT2D eigenvalue weighted by Gasteiger charge is 2.35. The van der Waals surface area contributed by atoms with E-state index < -0.39 is 0 Å². The zero-order valence-corrected chi connectivity index (χ0v) is 11.4. The first-order valence-corrected chi connectivity index (χ1v) is 6.75. The van der Waals surface area contributed by atoms with Crippen LogP contribution in [0.5, 0.6) is 0 Å². The van der Waals surface area contributed by atoms with Gasteiger partial charge in [-0.15, -0.1) is 0 Å². The van der Waals surface area contributed by atoms with E-state index in [1.54, 1.807) is 0 Å². The molecule has 0 spiro atoms. The lowest BCUT2D eigenvalue weighted by atomic mass is 9.72. The molecule has 1 aliphatic heterocycles. The molecule has 1 fully saturated rings. The maximum absolute atomic E-state index is 8.96. The fourth-order valence-electron chi connectivity index (χ4n) is 2.74. The van der Waals surface area contributed by atoms with Crippen LogP contribution in [0.1, 0.15) is 32.3 Å². The van der Waals surface area contributed by atoms with Crippen LogP contribution in [0.3, 0.4) is 0 Å². The van der Waals surface area contributed by atoms with Crippen molar-refractivity contribution >= 4 is 0 Å². The first kappa shape index (κ1) is 13.1. The van der Waals surface area contributed by atoms with E-state index in [2.05, 4.69) is 55.1 Å². The zero-order valence-electron chi connectivity index (χ0n) is 11.4. The van der Waals surface area contributed by atoms with Gasteiger partial charge in [-0.25, -0.2) is 0 Å². The summed E-state index contributed by atoms with van der Waals surface area (Å²) in [6.07, 6.45) is 1.87. The second-order valence-electron chi connectivity index (χ2n) is 6.02. The van der Waals surface area contributed by atoms with Gasteiger partial charge in [-0.1, -0.05) is 44.2 Å². The molecule has 1 unspecified atom stereocenters. The Hall–Kier alpha value is -1.33. The van der Waals surface area contributed by atoms with Crippen molar-refractivity contribution in [2.24, 2.45) is 11.3 Å². The number of hydrogen-bond acceptors (Lipinski definition) is 2. The second-order valence-corrected chi connectivity index (χ2v) is 6.02. The van der Waals surface area contributed by atoms with Gasteiger partial charge in [0.05, 0.1) is 6.07 Å². The molecule has 1 aromatic rings. The molecule has 1 atom stereocenters. The van der Waals surface area contributed by atoms with E-state index in [1.807, 2.05) is 0 Å². The summed E-state index contributed by atoms with van der Waals surface area (Å²) in [4.78, 5) is 2.49. The van der Waals surface area contributed by atoms with Crippen LogP contribution in [-0.2, 0) is 6.54 Å². The molecule has 2 heteroatoms. The van der Waals surface area contributed by atoms with Crippen LogP contribution in [0, 0.1) is 22.7 Å². The summed E-state index contributed by atoms with van der Waals surface area (Å²) in [5.41, 5.74) is 1.68. The van der Waals surface area contributed by atoms with E-state index in [0.717, 1.165) is 19.6 Å². The molecule has 1 aromatic carbocycles. The Kier molecular flexibility index (Phi) is 4.04. The lowest BCUT2D eigenvalue weighted by molar-refractivity contribution is 0.0582. The van der Waals surface area contributed by atoms with Gasteiger partial charge in [0.25, 0.3) is 0 Å². The normalized spacial score (nSPS) is 23.5. The van der Waals surface area contributed by atoms with Crippen LogP contribution in [0.4, 0.5) is 0 Å². The van der Waals surface area contributed by atoms with Gasteiger partial charge in [-0.05, 0) is 29.9 Å². The van der Waals surface area contributed by atoms with E-state index >= 15 is 0 Å². The highest BCUT2D eigenvalue weighted by Crippen LogP contribution is 2.37.